The van der Waals surface area contributed by atoms with Gasteiger partial charge in [0.15, 0.2) is 5.78 Å². The summed E-state index contributed by atoms with van der Waals surface area (Å²) < 4.78 is 23.6. The van der Waals surface area contributed by atoms with E-state index in [0.717, 1.165) is 5.56 Å². The first kappa shape index (κ1) is 19.4. The third kappa shape index (κ3) is 5.48. The van der Waals surface area contributed by atoms with Crippen LogP contribution in [0.15, 0.2) is 29.4 Å². The van der Waals surface area contributed by atoms with Gasteiger partial charge >= 0.3 is 7.60 Å². The average molecular weight is 339 g/mol. The van der Waals surface area contributed by atoms with Gasteiger partial charge in [-0.1, -0.05) is 34.9 Å². The summed E-state index contributed by atoms with van der Waals surface area (Å²) in [4.78, 5) is 15.4. The maximum Gasteiger partial charge on any atom is 0.341 e. The van der Waals surface area contributed by atoms with Crippen molar-refractivity contribution in [1.82, 2.24) is 0 Å². The lowest BCUT2D eigenvalue weighted by molar-refractivity contribution is 0.0964. The predicted octanol–water partition coefficient (Wildman–Crippen LogP) is 4.51. The maximum atomic E-state index is 13.0. The Morgan fingerprint density at radius 2 is 1.83 bits per heavy atom. The summed E-state index contributed by atoms with van der Waals surface area (Å²) in [6, 6.07) is 6.98. The molecule has 23 heavy (non-hydrogen) atoms. The Balaban J connectivity index is 3.15. The molecule has 0 bridgehead atoms. The molecule has 0 saturated carbocycles. The van der Waals surface area contributed by atoms with Crippen molar-refractivity contribution in [3.63, 3.8) is 0 Å². The molecule has 0 aliphatic rings. The highest BCUT2D eigenvalue weighted by molar-refractivity contribution is 7.55. The molecule has 0 fully saturated rings. The van der Waals surface area contributed by atoms with Gasteiger partial charge < -0.3 is 9.05 Å². The van der Waals surface area contributed by atoms with Crippen molar-refractivity contribution >= 4 is 13.4 Å². The fourth-order valence-corrected chi connectivity index (χ4v) is 4.17. The van der Waals surface area contributed by atoms with Crippen LogP contribution in [0.1, 0.15) is 36.2 Å². The molecule has 0 aliphatic carbocycles. The summed E-state index contributed by atoms with van der Waals surface area (Å²) >= 11 is 0. The molecule has 0 aromatic heterocycles. The van der Waals surface area contributed by atoms with E-state index in [1.165, 1.54) is 0 Å². The number of rotatable bonds is 10. The molecule has 0 aliphatic heterocycles. The number of aryl methyl sites for hydroxylation is 1. The lowest BCUT2D eigenvalue weighted by atomic mass is 10.0. The molecule has 0 spiro atoms. The Morgan fingerprint density at radius 1 is 1.26 bits per heavy atom. The van der Waals surface area contributed by atoms with Gasteiger partial charge in [0.25, 0.3) is 0 Å². The standard InChI is InChI=1S/C15H22N3O4P/c1-4-21-23(20,22-5-2)14(10-11-17-18-16)15(19)13-8-6-12(3)7-9-13/h6-9,14H,4-5,10-11H2,1-3H3. The van der Waals surface area contributed by atoms with Gasteiger partial charge in [0.1, 0.15) is 5.66 Å². The Kier molecular flexibility index (Phi) is 8.00. The third-order valence-electron chi connectivity index (χ3n) is 3.20. The first-order valence-corrected chi connectivity index (χ1v) is 9.10. The summed E-state index contributed by atoms with van der Waals surface area (Å²) in [6.07, 6.45) is 0.105. The van der Waals surface area contributed by atoms with Crippen LogP contribution in [-0.2, 0) is 13.6 Å². The summed E-state index contributed by atoms with van der Waals surface area (Å²) in [5.41, 5.74) is 8.88. The van der Waals surface area contributed by atoms with E-state index < -0.39 is 13.3 Å². The minimum Gasteiger partial charge on any atom is -0.308 e. The minimum absolute atomic E-state index is 0.0446. The molecule has 1 rings (SSSR count). The van der Waals surface area contributed by atoms with Crippen LogP contribution >= 0.6 is 7.60 Å². The molecule has 7 nitrogen and oxygen atoms in total. The van der Waals surface area contributed by atoms with Crippen LogP contribution in [0.25, 0.3) is 10.4 Å². The molecular formula is C15H22N3O4P. The first-order valence-electron chi connectivity index (χ1n) is 7.49. The smallest absolute Gasteiger partial charge is 0.308 e. The number of ketones is 1. The lowest BCUT2D eigenvalue weighted by Gasteiger charge is -2.25. The van der Waals surface area contributed by atoms with E-state index in [2.05, 4.69) is 10.0 Å². The van der Waals surface area contributed by atoms with E-state index in [4.69, 9.17) is 14.6 Å². The Hall–Kier alpha value is -1.65. The number of nitrogens with zero attached hydrogens (tertiary/aromatic N) is 3. The number of azide groups is 1. The van der Waals surface area contributed by atoms with Gasteiger partial charge in [-0.05, 0) is 32.7 Å². The van der Waals surface area contributed by atoms with Gasteiger partial charge in [-0.15, -0.1) is 0 Å². The molecule has 0 amide bonds. The molecular weight excluding hydrogens is 317 g/mol. The second kappa shape index (κ2) is 9.48. The second-order valence-electron chi connectivity index (χ2n) is 4.86. The zero-order chi connectivity index (χ0) is 17.3. The molecule has 1 atom stereocenters. The van der Waals surface area contributed by atoms with Gasteiger partial charge in [-0.25, -0.2) is 0 Å². The fourth-order valence-electron chi connectivity index (χ4n) is 2.14. The molecule has 0 saturated heterocycles. The van der Waals surface area contributed by atoms with Crippen LogP contribution in [0.3, 0.4) is 0 Å². The minimum atomic E-state index is -3.64. The second-order valence-corrected chi connectivity index (χ2v) is 7.08. The van der Waals surface area contributed by atoms with Crippen LogP contribution in [0.4, 0.5) is 0 Å². The van der Waals surface area contributed by atoms with Gasteiger partial charge in [0.05, 0.1) is 13.2 Å². The first-order chi connectivity index (χ1) is 11.0. The van der Waals surface area contributed by atoms with Crippen molar-refractivity contribution in [2.24, 2.45) is 5.11 Å². The highest BCUT2D eigenvalue weighted by Gasteiger charge is 2.40. The molecule has 0 radical (unpaired) electrons. The topological polar surface area (TPSA) is 101 Å². The zero-order valence-corrected chi connectivity index (χ0v) is 14.5. The predicted molar refractivity (Wildman–Crippen MR) is 88.8 cm³/mol. The monoisotopic (exact) mass is 339 g/mol. The summed E-state index contributed by atoms with van der Waals surface area (Å²) in [5.74, 6) is -0.330. The van der Waals surface area contributed by atoms with Gasteiger partial charge in [0, 0.05) is 17.0 Å². The van der Waals surface area contributed by atoms with E-state index in [-0.39, 0.29) is 32.0 Å². The van der Waals surface area contributed by atoms with Crippen LogP contribution < -0.4 is 0 Å². The zero-order valence-electron chi connectivity index (χ0n) is 13.6. The van der Waals surface area contributed by atoms with Crippen molar-refractivity contribution in [3.05, 3.63) is 45.8 Å². The number of hydrogen-bond acceptors (Lipinski definition) is 5. The SMILES string of the molecule is CCOP(=O)(OCC)C(CCN=[N+]=[N-])C(=O)c1ccc(C)cc1. The lowest BCUT2D eigenvalue weighted by Crippen LogP contribution is -2.25. The Bertz CT molecular complexity index is 602. The summed E-state index contributed by atoms with van der Waals surface area (Å²) in [6.45, 7) is 5.66. The highest BCUT2D eigenvalue weighted by atomic mass is 31.2. The van der Waals surface area contributed by atoms with Crippen molar-refractivity contribution in [3.8, 4) is 0 Å². The number of hydrogen-bond donors (Lipinski definition) is 0. The quantitative estimate of drug-likeness (QED) is 0.206. The molecule has 1 aromatic carbocycles. The van der Waals surface area contributed by atoms with Gasteiger partial charge in [-0.2, -0.15) is 0 Å². The number of benzene rings is 1. The van der Waals surface area contributed by atoms with E-state index in [0.29, 0.717) is 5.56 Å². The van der Waals surface area contributed by atoms with Crippen molar-refractivity contribution in [2.45, 2.75) is 32.9 Å². The Labute approximate surface area is 136 Å². The van der Waals surface area contributed by atoms with E-state index in [1.807, 2.05) is 19.1 Å². The van der Waals surface area contributed by atoms with E-state index >= 15 is 0 Å². The van der Waals surface area contributed by atoms with E-state index in [9.17, 15) is 9.36 Å². The molecule has 0 N–H and O–H groups in total. The number of Topliss-reactive ketones (excluding diaryl/α,β-unsaturated/α-hetero) is 1. The number of carbonyl (C=O) groups is 1. The van der Waals surface area contributed by atoms with E-state index in [1.54, 1.807) is 26.0 Å². The van der Waals surface area contributed by atoms with Crippen LogP contribution in [-0.4, -0.2) is 31.2 Å². The van der Waals surface area contributed by atoms with Gasteiger partial charge in [-0.3, -0.25) is 9.36 Å². The fraction of sp³-hybridized carbons (Fsp3) is 0.533. The van der Waals surface area contributed by atoms with Crippen molar-refractivity contribution in [1.29, 1.82) is 0 Å². The molecule has 1 aromatic rings. The van der Waals surface area contributed by atoms with Crippen molar-refractivity contribution in [2.75, 3.05) is 19.8 Å². The van der Waals surface area contributed by atoms with Crippen LogP contribution in [0, 0.1) is 6.92 Å². The normalized spacial score (nSPS) is 12.5. The van der Waals surface area contributed by atoms with Crippen molar-refractivity contribution < 1.29 is 18.4 Å². The number of carbonyl (C=O) groups excluding carboxylic acids is 1. The maximum absolute atomic E-state index is 13.0. The highest BCUT2D eigenvalue weighted by Crippen LogP contribution is 2.55. The third-order valence-corrected chi connectivity index (χ3v) is 5.70. The molecule has 1 unspecified atom stereocenters. The van der Waals surface area contributed by atoms with Crippen LogP contribution in [0.5, 0.6) is 0 Å². The largest absolute Gasteiger partial charge is 0.341 e. The molecule has 8 heteroatoms. The molecule has 0 heterocycles. The Morgan fingerprint density at radius 3 is 2.30 bits per heavy atom. The molecule has 126 valence electrons. The van der Waals surface area contributed by atoms with Gasteiger partial charge in [0.2, 0.25) is 0 Å². The summed E-state index contributed by atoms with van der Waals surface area (Å²) in [7, 11) is -3.64. The van der Waals surface area contributed by atoms with Crippen LogP contribution in [0.2, 0.25) is 0 Å². The average Bonchev–Trinajstić information content (AvgIpc) is 2.52. The summed E-state index contributed by atoms with van der Waals surface area (Å²) in [5, 5.41) is 3.43.